The number of alkyl halides is 4. The van der Waals surface area contributed by atoms with E-state index in [0.717, 1.165) is 5.56 Å². The van der Waals surface area contributed by atoms with Gasteiger partial charge in [0.1, 0.15) is 23.2 Å². The highest BCUT2D eigenvalue weighted by atomic mass is 35.5. The molecule has 0 aliphatic heterocycles. The number of aryl methyl sites for hydroxylation is 1. The van der Waals surface area contributed by atoms with Crippen LogP contribution in [0.15, 0.2) is 24.3 Å². The van der Waals surface area contributed by atoms with Crippen LogP contribution in [0.1, 0.15) is 54.2 Å². The van der Waals surface area contributed by atoms with Crippen molar-refractivity contribution in [2.24, 2.45) is 0 Å². The Labute approximate surface area is 192 Å². The molecule has 0 saturated carbocycles. The van der Waals surface area contributed by atoms with Gasteiger partial charge in [0.15, 0.2) is 0 Å². The summed E-state index contributed by atoms with van der Waals surface area (Å²) in [5.41, 5.74) is 0.495. The van der Waals surface area contributed by atoms with Crippen LogP contribution in [0.3, 0.4) is 0 Å². The summed E-state index contributed by atoms with van der Waals surface area (Å²) in [6, 6.07) is 6.07. The number of hydrogen-bond donors (Lipinski definition) is 1. The summed E-state index contributed by atoms with van der Waals surface area (Å²) >= 11 is 5.68. The Bertz CT molecular complexity index is 1160. The van der Waals surface area contributed by atoms with Crippen LogP contribution in [-0.2, 0) is 11.3 Å². The number of anilines is 1. The van der Waals surface area contributed by atoms with Gasteiger partial charge in [-0.3, -0.25) is 9.48 Å². The maximum Gasteiger partial charge on any atom is 0.283 e. The summed E-state index contributed by atoms with van der Waals surface area (Å²) in [5.74, 6) is -0.0451. The molecule has 0 saturated heterocycles. The summed E-state index contributed by atoms with van der Waals surface area (Å²) in [6.45, 7) is 5.09. The van der Waals surface area contributed by atoms with E-state index in [1.165, 1.54) is 6.92 Å². The number of methoxy groups -OCH3 is 1. The fraction of sp³-hybridized carbons (Fsp3) is 0.381. The molecule has 2 aromatic heterocycles. The van der Waals surface area contributed by atoms with E-state index in [1.807, 2.05) is 24.3 Å². The monoisotopic (exact) mass is 487 g/mol. The second-order valence-electron chi connectivity index (χ2n) is 7.35. The lowest BCUT2D eigenvalue weighted by Crippen LogP contribution is -2.26. The Balaban J connectivity index is 1.86. The highest BCUT2D eigenvalue weighted by molar-refractivity contribution is 6.32. The lowest BCUT2D eigenvalue weighted by atomic mass is 10.2. The maximum absolute atomic E-state index is 13.5. The molecule has 2 heterocycles. The van der Waals surface area contributed by atoms with E-state index < -0.39 is 41.2 Å². The molecule has 3 rings (SSSR count). The Morgan fingerprint density at radius 3 is 2.48 bits per heavy atom. The van der Waals surface area contributed by atoms with E-state index in [0.29, 0.717) is 34.1 Å². The average Bonchev–Trinajstić information content (AvgIpc) is 3.25. The van der Waals surface area contributed by atoms with Crippen molar-refractivity contribution in [1.82, 2.24) is 19.6 Å². The number of halogens is 5. The van der Waals surface area contributed by atoms with Gasteiger partial charge in [-0.15, -0.1) is 0 Å². The van der Waals surface area contributed by atoms with Crippen molar-refractivity contribution in [3.63, 3.8) is 0 Å². The number of carbonyl (C=O) groups excluding carboxylic acids is 1. The molecule has 7 nitrogen and oxygen atoms in total. The molecular weight excluding hydrogens is 466 g/mol. The van der Waals surface area contributed by atoms with Gasteiger partial charge in [-0.1, -0.05) is 23.7 Å². The molecule has 3 aromatic rings. The van der Waals surface area contributed by atoms with Crippen LogP contribution >= 0.6 is 11.6 Å². The van der Waals surface area contributed by atoms with Gasteiger partial charge in [-0.2, -0.15) is 10.2 Å². The second-order valence-corrected chi connectivity index (χ2v) is 7.73. The minimum Gasteiger partial charge on any atom is -0.497 e. The van der Waals surface area contributed by atoms with Crippen molar-refractivity contribution in [1.29, 1.82) is 0 Å². The van der Waals surface area contributed by atoms with Crippen molar-refractivity contribution >= 4 is 23.2 Å². The summed E-state index contributed by atoms with van der Waals surface area (Å²) < 4.78 is 60.6. The molecular formula is C21H22ClF4N5O2. The fourth-order valence-electron chi connectivity index (χ4n) is 3.39. The molecule has 0 aliphatic carbocycles. The number of nitrogens with zero attached hydrogens (tertiary/aromatic N) is 4. The minimum atomic E-state index is -3.19. The molecule has 0 radical (unpaired) electrons. The standard InChI is InChI=1S/C21H22ClF4N5O2/c1-10-16(11(2)30(28-10)9-13-6-5-7-14(8-13)33-4)27-21(32)12(3)31-18(20(25)26)15(22)17(29-31)19(23)24/h5-8,12,19-20H,9H2,1-4H3,(H,27,32). The molecule has 1 amide bonds. The van der Waals surface area contributed by atoms with Crippen molar-refractivity contribution in [2.45, 2.75) is 46.2 Å². The van der Waals surface area contributed by atoms with Crippen LogP contribution in [0.25, 0.3) is 0 Å². The molecule has 0 fully saturated rings. The normalized spacial score (nSPS) is 12.5. The first-order chi connectivity index (χ1) is 15.5. The number of hydrogen-bond acceptors (Lipinski definition) is 4. The Morgan fingerprint density at radius 1 is 1.18 bits per heavy atom. The SMILES string of the molecule is COc1cccc(Cn2nc(C)c(NC(=O)C(C)n3nc(C(F)F)c(Cl)c3C(F)F)c2C)c1. The summed E-state index contributed by atoms with van der Waals surface area (Å²) in [4.78, 5) is 12.8. The molecule has 1 N–H and O–H groups in total. The van der Waals surface area contributed by atoms with Gasteiger partial charge in [-0.05, 0) is 38.5 Å². The number of nitrogens with one attached hydrogen (secondary N) is 1. The Morgan fingerprint density at radius 2 is 1.88 bits per heavy atom. The number of benzene rings is 1. The lowest BCUT2D eigenvalue weighted by molar-refractivity contribution is -0.119. The van der Waals surface area contributed by atoms with Gasteiger partial charge in [0.2, 0.25) is 5.91 Å². The summed E-state index contributed by atoms with van der Waals surface area (Å²) in [5, 5.41) is 9.71. The van der Waals surface area contributed by atoms with Crippen LogP contribution in [0.2, 0.25) is 5.02 Å². The Hall–Kier alpha value is -3.08. The van der Waals surface area contributed by atoms with E-state index in [1.54, 1.807) is 25.6 Å². The summed E-state index contributed by atoms with van der Waals surface area (Å²) in [6.07, 6.45) is -6.35. The molecule has 0 bridgehead atoms. The third-order valence-electron chi connectivity index (χ3n) is 5.17. The third-order valence-corrected chi connectivity index (χ3v) is 5.56. The highest BCUT2D eigenvalue weighted by Crippen LogP contribution is 2.36. The van der Waals surface area contributed by atoms with Crippen LogP contribution in [0.5, 0.6) is 5.75 Å². The van der Waals surface area contributed by atoms with Gasteiger partial charge >= 0.3 is 0 Å². The zero-order valence-corrected chi connectivity index (χ0v) is 19.0. The molecule has 0 aliphatic rings. The number of ether oxygens (including phenoxy) is 1. The molecule has 1 atom stereocenters. The molecule has 0 spiro atoms. The fourth-order valence-corrected chi connectivity index (χ4v) is 3.68. The quantitative estimate of drug-likeness (QED) is 0.427. The minimum absolute atomic E-state index is 0.390. The van der Waals surface area contributed by atoms with Crippen molar-refractivity contribution in [3.05, 3.63) is 57.6 Å². The van der Waals surface area contributed by atoms with E-state index in [-0.39, 0.29) is 0 Å². The first-order valence-corrected chi connectivity index (χ1v) is 10.2. The van der Waals surface area contributed by atoms with Gasteiger partial charge in [0.25, 0.3) is 12.9 Å². The molecule has 1 unspecified atom stereocenters. The second kappa shape index (κ2) is 9.82. The van der Waals surface area contributed by atoms with Crippen molar-refractivity contribution in [3.8, 4) is 5.75 Å². The van der Waals surface area contributed by atoms with Crippen LogP contribution < -0.4 is 10.1 Å². The van der Waals surface area contributed by atoms with Crippen LogP contribution in [0.4, 0.5) is 23.2 Å². The van der Waals surface area contributed by atoms with Crippen molar-refractivity contribution < 1.29 is 27.1 Å². The van der Waals surface area contributed by atoms with Gasteiger partial charge < -0.3 is 10.1 Å². The van der Waals surface area contributed by atoms with E-state index in [9.17, 15) is 22.4 Å². The topological polar surface area (TPSA) is 74.0 Å². The third kappa shape index (κ3) is 4.97. The van der Waals surface area contributed by atoms with Gasteiger partial charge in [0.05, 0.1) is 35.8 Å². The number of rotatable bonds is 8. The molecule has 12 heteroatoms. The van der Waals surface area contributed by atoms with Gasteiger partial charge in [0, 0.05) is 0 Å². The predicted octanol–water partition coefficient (Wildman–Crippen LogP) is 5.48. The van der Waals surface area contributed by atoms with E-state index in [2.05, 4.69) is 15.5 Å². The first-order valence-electron chi connectivity index (χ1n) is 9.87. The molecule has 33 heavy (non-hydrogen) atoms. The highest BCUT2D eigenvalue weighted by Gasteiger charge is 2.32. The summed E-state index contributed by atoms with van der Waals surface area (Å²) in [7, 11) is 1.56. The molecule has 178 valence electrons. The van der Waals surface area contributed by atoms with Gasteiger partial charge in [-0.25, -0.2) is 22.2 Å². The number of amides is 1. The van der Waals surface area contributed by atoms with E-state index >= 15 is 0 Å². The Kier molecular flexibility index (Phi) is 7.31. The maximum atomic E-state index is 13.5. The van der Waals surface area contributed by atoms with Crippen molar-refractivity contribution in [2.75, 3.05) is 12.4 Å². The molecule has 1 aromatic carbocycles. The number of carbonyl (C=O) groups is 1. The predicted molar refractivity (Wildman–Crippen MR) is 114 cm³/mol. The zero-order valence-electron chi connectivity index (χ0n) is 18.2. The zero-order chi connectivity index (χ0) is 24.4. The lowest BCUT2D eigenvalue weighted by Gasteiger charge is -2.16. The van der Waals surface area contributed by atoms with Crippen LogP contribution in [0, 0.1) is 13.8 Å². The van der Waals surface area contributed by atoms with E-state index in [4.69, 9.17) is 16.3 Å². The largest absolute Gasteiger partial charge is 0.497 e. The van der Waals surface area contributed by atoms with Crippen LogP contribution in [-0.4, -0.2) is 32.6 Å². The smallest absolute Gasteiger partial charge is 0.283 e. The average molecular weight is 488 g/mol. The number of aromatic nitrogens is 4. The first kappa shape index (κ1) is 24.6.